The van der Waals surface area contributed by atoms with Gasteiger partial charge in [-0.25, -0.2) is 0 Å². The monoisotopic (exact) mass is 375 g/mol. The molecule has 2 aromatic carbocycles. The van der Waals surface area contributed by atoms with Crippen molar-refractivity contribution in [2.45, 2.75) is 32.9 Å². The van der Waals surface area contributed by atoms with Crippen molar-refractivity contribution in [3.63, 3.8) is 0 Å². The van der Waals surface area contributed by atoms with E-state index in [9.17, 15) is 0 Å². The van der Waals surface area contributed by atoms with Crippen LogP contribution in [0.5, 0.6) is 0 Å². The van der Waals surface area contributed by atoms with Gasteiger partial charge in [-0.05, 0) is 54.4 Å². The molecule has 0 saturated heterocycles. The molecule has 0 amide bonds. The number of para-hydroxylation sites is 1. The summed E-state index contributed by atoms with van der Waals surface area (Å²) in [5.41, 5.74) is 6.24. The molecule has 0 radical (unpaired) electrons. The maximum Gasteiger partial charge on any atom is 0.174 e. The Morgan fingerprint density at radius 3 is 2.63 bits per heavy atom. The highest BCUT2D eigenvalue weighted by Gasteiger charge is 2.30. The summed E-state index contributed by atoms with van der Waals surface area (Å²) < 4.78 is 2.34. The van der Waals surface area contributed by atoms with Gasteiger partial charge in [-0.2, -0.15) is 0 Å². The summed E-state index contributed by atoms with van der Waals surface area (Å²) in [5, 5.41) is 4.36. The molecule has 27 heavy (non-hydrogen) atoms. The van der Waals surface area contributed by atoms with Crippen molar-refractivity contribution >= 4 is 23.0 Å². The Balaban J connectivity index is 1.69. The van der Waals surface area contributed by atoms with Crippen molar-refractivity contribution in [1.29, 1.82) is 0 Å². The van der Waals surface area contributed by atoms with Crippen LogP contribution >= 0.6 is 12.2 Å². The van der Waals surface area contributed by atoms with Crippen molar-refractivity contribution in [1.82, 2.24) is 9.47 Å². The molecule has 4 rings (SSSR count). The average molecular weight is 376 g/mol. The van der Waals surface area contributed by atoms with Gasteiger partial charge in [-0.1, -0.05) is 55.5 Å². The summed E-state index contributed by atoms with van der Waals surface area (Å²) >= 11 is 5.91. The van der Waals surface area contributed by atoms with E-state index in [4.69, 9.17) is 12.2 Å². The zero-order valence-electron chi connectivity index (χ0n) is 15.9. The van der Waals surface area contributed by atoms with Crippen LogP contribution in [-0.2, 0) is 13.0 Å². The van der Waals surface area contributed by atoms with Crippen LogP contribution in [0.4, 0.5) is 5.69 Å². The van der Waals surface area contributed by atoms with Crippen LogP contribution in [0.25, 0.3) is 0 Å². The lowest BCUT2D eigenvalue weighted by molar-refractivity contribution is 0.293. The lowest BCUT2D eigenvalue weighted by atomic mass is 10.0. The fourth-order valence-corrected chi connectivity index (χ4v) is 4.27. The van der Waals surface area contributed by atoms with E-state index in [1.165, 1.54) is 22.4 Å². The van der Waals surface area contributed by atoms with Crippen LogP contribution < -0.4 is 5.32 Å². The number of anilines is 1. The van der Waals surface area contributed by atoms with E-state index < -0.39 is 0 Å². The maximum atomic E-state index is 5.91. The van der Waals surface area contributed by atoms with Crippen LogP contribution in [0.2, 0.25) is 0 Å². The molecule has 2 heterocycles. The van der Waals surface area contributed by atoms with Gasteiger partial charge >= 0.3 is 0 Å². The first kappa shape index (κ1) is 17.8. The Bertz CT molecular complexity index is 945. The summed E-state index contributed by atoms with van der Waals surface area (Å²) in [6.07, 6.45) is 3.15. The van der Waals surface area contributed by atoms with Crippen LogP contribution in [0.15, 0.2) is 66.9 Å². The average Bonchev–Trinajstić information content (AvgIpc) is 3.18. The lowest BCUT2D eigenvalue weighted by Crippen LogP contribution is -2.44. The summed E-state index contributed by atoms with van der Waals surface area (Å²) in [4.78, 5) is 2.33. The third kappa shape index (κ3) is 3.37. The van der Waals surface area contributed by atoms with Crippen molar-refractivity contribution in [2.75, 3.05) is 11.9 Å². The zero-order valence-corrected chi connectivity index (χ0v) is 16.7. The Labute approximate surface area is 166 Å². The topological polar surface area (TPSA) is 20.2 Å². The number of nitrogens with one attached hydrogen (secondary N) is 1. The minimum absolute atomic E-state index is 0.129. The summed E-state index contributed by atoms with van der Waals surface area (Å²) in [5.74, 6) is 0. The van der Waals surface area contributed by atoms with Gasteiger partial charge in [0.15, 0.2) is 5.11 Å². The predicted octanol–water partition coefficient (Wildman–Crippen LogP) is 5.16. The number of nitrogens with zero attached hydrogens (tertiary/aromatic N) is 2. The fraction of sp³-hybridized carbons (Fsp3) is 0.261. The SMILES string of the molecule is CCc1cccc(C)c1NC(=S)N1CCn2cccc2C1c1ccccc1. The van der Waals surface area contributed by atoms with E-state index in [-0.39, 0.29) is 6.04 Å². The van der Waals surface area contributed by atoms with Crippen molar-refractivity contribution in [3.05, 3.63) is 89.2 Å². The van der Waals surface area contributed by atoms with Gasteiger partial charge in [0.1, 0.15) is 0 Å². The third-order valence-corrected chi connectivity index (χ3v) is 5.72. The first-order chi connectivity index (χ1) is 13.2. The van der Waals surface area contributed by atoms with Gasteiger partial charge in [-0.15, -0.1) is 0 Å². The molecule has 4 heteroatoms. The molecule has 3 aromatic rings. The number of fused-ring (bicyclic) bond motifs is 1. The van der Waals surface area contributed by atoms with E-state index in [1.54, 1.807) is 0 Å². The van der Waals surface area contributed by atoms with Gasteiger partial charge in [0.2, 0.25) is 0 Å². The number of aromatic nitrogens is 1. The maximum absolute atomic E-state index is 5.91. The second-order valence-electron chi connectivity index (χ2n) is 7.03. The normalized spacial score (nSPS) is 16.1. The molecule has 1 aliphatic heterocycles. The minimum atomic E-state index is 0.129. The molecule has 0 fully saturated rings. The second-order valence-corrected chi connectivity index (χ2v) is 7.41. The van der Waals surface area contributed by atoms with Gasteiger partial charge in [-0.3, -0.25) is 0 Å². The van der Waals surface area contributed by atoms with Gasteiger partial charge in [0.05, 0.1) is 6.04 Å². The highest BCUT2D eigenvalue weighted by atomic mass is 32.1. The molecule has 0 spiro atoms. The molecule has 138 valence electrons. The standard InChI is InChI=1S/C23H25N3S/c1-3-18-12-7-9-17(2)21(18)24-23(27)26-16-15-25-14-8-13-20(25)22(26)19-10-5-4-6-11-19/h4-14,22H,3,15-16H2,1-2H3,(H,24,27). The quantitative estimate of drug-likeness (QED) is 0.639. The number of benzene rings is 2. The zero-order chi connectivity index (χ0) is 18.8. The number of aryl methyl sites for hydroxylation is 2. The Kier molecular flexibility index (Phi) is 4.99. The summed E-state index contributed by atoms with van der Waals surface area (Å²) in [6.45, 7) is 6.16. The van der Waals surface area contributed by atoms with Gasteiger partial charge < -0.3 is 14.8 Å². The molecule has 0 saturated carbocycles. The Morgan fingerprint density at radius 1 is 1.04 bits per heavy atom. The van der Waals surface area contributed by atoms with Crippen molar-refractivity contribution in [3.8, 4) is 0 Å². The first-order valence-electron chi connectivity index (χ1n) is 9.55. The van der Waals surface area contributed by atoms with Crippen LogP contribution in [0, 0.1) is 6.92 Å². The number of thiocarbonyl (C=S) groups is 1. The summed E-state index contributed by atoms with van der Waals surface area (Å²) in [6, 6.07) is 21.5. The van der Waals surface area contributed by atoms with Crippen LogP contribution in [0.3, 0.4) is 0 Å². The molecular weight excluding hydrogens is 350 g/mol. The molecule has 0 bridgehead atoms. The molecule has 0 aliphatic carbocycles. The molecule has 1 atom stereocenters. The molecule has 1 aliphatic rings. The molecule has 1 unspecified atom stereocenters. The smallest absolute Gasteiger partial charge is 0.174 e. The number of hydrogen-bond donors (Lipinski definition) is 1. The first-order valence-corrected chi connectivity index (χ1v) is 9.96. The minimum Gasteiger partial charge on any atom is -0.348 e. The largest absolute Gasteiger partial charge is 0.348 e. The second kappa shape index (κ2) is 7.57. The van der Waals surface area contributed by atoms with Crippen LogP contribution in [-0.4, -0.2) is 21.1 Å². The van der Waals surface area contributed by atoms with E-state index in [0.29, 0.717) is 0 Å². The van der Waals surface area contributed by atoms with Gasteiger partial charge in [0, 0.05) is 30.7 Å². The molecule has 1 N–H and O–H groups in total. The van der Waals surface area contributed by atoms with Crippen molar-refractivity contribution < 1.29 is 0 Å². The Hall–Kier alpha value is -2.59. The lowest BCUT2D eigenvalue weighted by Gasteiger charge is -2.39. The van der Waals surface area contributed by atoms with E-state index in [0.717, 1.165) is 30.3 Å². The van der Waals surface area contributed by atoms with E-state index in [2.05, 4.69) is 95.5 Å². The molecule has 1 aromatic heterocycles. The van der Waals surface area contributed by atoms with E-state index >= 15 is 0 Å². The van der Waals surface area contributed by atoms with E-state index in [1.807, 2.05) is 0 Å². The number of rotatable bonds is 3. The fourth-order valence-electron chi connectivity index (χ4n) is 3.97. The third-order valence-electron chi connectivity index (χ3n) is 5.39. The summed E-state index contributed by atoms with van der Waals surface area (Å²) in [7, 11) is 0. The predicted molar refractivity (Wildman–Crippen MR) is 116 cm³/mol. The molecule has 3 nitrogen and oxygen atoms in total. The highest BCUT2D eigenvalue weighted by molar-refractivity contribution is 7.80. The van der Waals surface area contributed by atoms with Crippen LogP contribution in [0.1, 0.15) is 35.3 Å². The Morgan fingerprint density at radius 2 is 1.85 bits per heavy atom. The highest BCUT2D eigenvalue weighted by Crippen LogP contribution is 2.33. The number of hydrogen-bond acceptors (Lipinski definition) is 1. The van der Waals surface area contributed by atoms with Gasteiger partial charge in [0.25, 0.3) is 0 Å². The molecular formula is C23H25N3S. The van der Waals surface area contributed by atoms with Crippen molar-refractivity contribution in [2.24, 2.45) is 0 Å².